The largest absolute Gasteiger partial charge is 0.372 e. The number of nitrogens with zero attached hydrogens (tertiary/aromatic N) is 3. The molecule has 0 amide bonds. The zero-order valence-electron chi connectivity index (χ0n) is 12.1. The van der Waals surface area contributed by atoms with Gasteiger partial charge in [-0.15, -0.1) is 0 Å². The van der Waals surface area contributed by atoms with E-state index in [1.54, 1.807) is 0 Å². The van der Waals surface area contributed by atoms with Crippen LogP contribution < -0.4 is 4.90 Å². The van der Waals surface area contributed by atoms with E-state index in [2.05, 4.69) is 53.8 Å². The highest BCUT2D eigenvalue weighted by Crippen LogP contribution is 2.25. The van der Waals surface area contributed by atoms with E-state index in [-0.39, 0.29) is 0 Å². The lowest BCUT2D eigenvalue weighted by Crippen LogP contribution is -2.21. The molecule has 1 aromatic heterocycles. The molecule has 19 heavy (non-hydrogen) atoms. The van der Waals surface area contributed by atoms with Crippen molar-refractivity contribution in [1.82, 2.24) is 9.97 Å². The highest BCUT2D eigenvalue weighted by molar-refractivity contribution is 5.67. The average molecular weight is 255 g/mol. The Morgan fingerprint density at radius 3 is 2.42 bits per heavy atom. The lowest BCUT2D eigenvalue weighted by atomic mass is 10.1. The number of rotatable bonds is 4. The van der Waals surface area contributed by atoms with Gasteiger partial charge in [-0.25, -0.2) is 9.97 Å². The third-order valence-corrected chi connectivity index (χ3v) is 3.39. The maximum Gasteiger partial charge on any atom is 0.159 e. The van der Waals surface area contributed by atoms with Gasteiger partial charge in [0.15, 0.2) is 5.82 Å². The van der Waals surface area contributed by atoms with Gasteiger partial charge in [-0.2, -0.15) is 0 Å². The number of aromatic nitrogens is 2. The minimum Gasteiger partial charge on any atom is -0.372 e. The van der Waals surface area contributed by atoms with Crippen molar-refractivity contribution < 1.29 is 0 Å². The summed E-state index contributed by atoms with van der Waals surface area (Å²) in [5.74, 6) is 0.812. The van der Waals surface area contributed by atoms with Crippen LogP contribution in [-0.2, 0) is 0 Å². The first-order valence-corrected chi connectivity index (χ1v) is 6.81. The average Bonchev–Trinajstić information content (AvgIpc) is 2.42. The molecule has 0 spiro atoms. The van der Waals surface area contributed by atoms with Crippen molar-refractivity contribution in [2.24, 2.45) is 0 Å². The number of aryl methyl sites for hydroxylation is 2. The summed E-state index contributed by atoms with van der Waals surface area (Å²) in [6.45, 7) is 10.5. The summed E-state index contributed by atoms with van der Waals surface area (Å²) in [4.78, 5) is 11.3. The summed E-state index contributed by atoms with van der Waals surface area (Å²) in [7, 11) is 0. The number of hydrogen-bond donors (Lipinski definition) is 0. The Labute approximate surface area is 115 Å². The van der Waals surface area contributed by atoms with Gasteiger partial charge < -0.3 is 4.90 Å². The van der Waals surface area contributed by atoms with E-state index in [0.29, 0.717) is 0 Å². The van der Waals surface area contributed by atoms with E-state index in [9.17, 15) is 0 Å². The maximum absolute atomic E-state index is 4.53. The van der Waals surface area contributed by atoms with E-state index in [4.69, 9.17) is 0 Å². The van der Waals surface area contributed by atoms with Crippen molar-refractivity contribution in [3.05, 3.63) is 41.7 Å². The first-order chi connectivity index (χ1) is 9.15. The maximum atomic E-state index is 4.53. The zero-order chi connectivity index (χ0) is 13.8. The Morgan fingerprint density at radius 1 is 1.05 bits per heavy atom. The summed E-state index contributed by atoms with van der Waals surface area (Å²) in [6, 6.07) is 8.43. The molecule has 0 unspecified atom stereocenters. The summed E-state index contributed by atoms with van der Waals surface area (Å²) < 4.78 is 0. The Balaban J connectivity index is 2.48. The van der Waals surface area contributed by atoms with Crippen LogP contribution in [0.4, 0.5) is 5.69 Å². The van der Waals surface area contributed by atoms with Crippen LogP contribution in [0.3, 0.4) is 0 Å². The Kier molecular flexibility index (Phi) is 4.15. The van der Waals surface area contributed by atoms with E-state index < -0.39 is 0 Å². The number of hydrogen-bond acceptors (Lipinski definition) is 3. The second-order valence-electron chi connectivity index (χ2n) is 4.69. The Morgan fingerprint density at radius 2 is 1.79 bits per heavy atom. The lowest BCUT2D eigenvalue weighted by Gasteiger charge is -2.22. The molecule has 1 heterocycles. The highest BCUT2D eigenvalue weighted by atomic mass is 15.1. The molecule has 0 saturated carbocycles. The zero-order valence-corrected chi connectivity index (χ0v) is 12.1. The van der Waals surface area contributed by atoms with E-state index in [0.717, 1.165) is 30.2 Å². The van der Waals surface area contributed by atoms with Crippen LogP contribution in [0.2, 0.25) is 0 Å². The molecule has 100 valence electrons. The van der Waals surface area contributed by atoms with E-state index in [1.807, 2.05) is 19.2 Å². The molecule has 0 aliphatic rings. The van der Waals surface area contributed by atoms with Crippen molar-refractivity contribution in [3.63, 3.8) is 0 Å². The van der Waals surface area contributed by atoms with Gasteiger partial charge in [-0.3, -0.25) is 0 Å². The van der Waals surface area contributed by atoms with Crippen LogP contribution in [0.5, 0.6) is 0 Å². The van der Waals surface area contributed by atoms with Gasteiger partial charge in [0.1, 0.15) is 0 Å². The topological polar surface area (TPSA) is 29.0 Å². The molecule has 3 heteroatoms. The minimum absolute atomic E-state index is 0.812. The molecule has 0 N–H and O–H groups in total. The molecule has 2 rings (SSSR count). The third kappa shape index (κ3) is 2.92. The highest BCUT2D eigenvalue weighted by Gasteiger charge is 2.09. The molecule has 3 nitrogen and oxygen atoms in total. The van der Waals surface area contributed by atoms with Crippen LogP contribution >= 0.6 is 0 Å². The standard InChI is InChI=1S/C16H21N3/c1-5-19(6-2)14-8-7-12(3)15(11-14)16-17-10-9-13(4)18-16/h7-11H,5-6H2,1-4H3. The predicted molar refractivity (Wildman–Crippen MR) is 80.5 cm³/mol. The second kappa shape index (κ2) is 5.83. The molecule has 0 bridgehead atoms. The molecule has 0 atom stereocenters. The Bertz CT molecular complexity index is 560. The molecule has 1 aromatic carbocycles. The van der Waals surface area contributed by atoms with Crippen molar-refractivity contribution in [2.75, 3.05) is 18.0 Å². The predicted octanol–water partition coefficient (Wildman–Crippen LogP) is 3.61. The van der Waals surface area contributed by atoms with Gasteiger partial charge in [0.05, 0.1) is 0 Å². The fourth-order valence-corrected chi connectivity index (χ4v) is 2.22. The second-order valence-corrected chi connectivity index (χ2v) is 4.69. The molecule has 2 aromatic rings. The lowest BCUT2D eigenvalue weighted by molar-refractivity contribution is 0.866. The van der Waals surface area contributed by atoms with Crippen molar-refractivity contribution in [3.8, 4) is 11.4 Å². The number of anilines is 1. The first kappa shape index (κ1) is 13.5. The summed E-state index contributed by atoms with van der Waals surface area (Å²) in [6.07, 6.45) is 1.82. The van der Waals surface area contributed by atoms with Gasteiger partial charge in [-0.1, -0.05) is 6.07 Å². The molecule has 0 aliphatic heterocycles. The van der Waals surface area contributed by atoms with Gasteiger partial charge >= 0.3 is 0 Å². The molecular weight excluding hydrogens is 234 g/mol. The SMILES string of the molecule is CCN(CC)c1ccc(C)c(-c2nccc(C)n2)c1. The monoisotopic (exact) mass is 255 g/mol. The Hall–Kier alpha value is -1.90. The minimum atomic E-state index is 0.812. The van der Waals surface area contributed by atoms with E-state index >= 15 is 0 Å². The smallest absolute Gasteiger partial charge is 0.159 e. The molecule has 0 saturated heterocycles. The fraction of sp³-hybridized carbons (Fsp3) is 0.375. The van der Waals surface area contributed by atoms with Gasteiger partial charge in [0.25, 0.3) is 0 Å². The van der Waals surface area contributed by atoms with Crippen molar-refractivity contribution in [1.29, 1.82) is 0 Å². The molecule has 0 aliphatic carbocycles. The van der Waals surface area contributed by atoms with Crippen LogP contribution in [0.25, 0.3) is 11.4 Å². The van der Waals surface area contributed by atoms with Gasteiger partial charge in [-0.05, 0) is 51.5 Å². The van der Waals surface area contributed by atoms with Crippen molar-refractivity contribution >= 4 is 5.69 Å². The van der Waals surface area contributed by atoms with Crippen LogP contribution in [-0.4, -0.2) is 23.1 Å². The summed E-state index contributed by atoms with van der Waals surface area (Å²) >= 11 is 0. The van der Waals surface area contributed by atoms with Crippen LogP contribution in [0, 0.1) is 13.8 Å². The van der Waals surface area contributed by atoms with Crippen LogP contribution in [0.1, 0.15) is 25.1 Å². The number of benzene rings is 1. The summed E-state index contributed by atoms with van der Waals surface area (Å²) in [5.41, 5.74) is 4.56. The van der Waals surface area contributed by atoms with Crippen LogP contribution in [0.15, 0.2) is 30.5 Å². The fourth-order valence-electron chi connectivity index (χ4n) is 2.22. The molecule has 0 fully saturated rings. The van der Waals surface area contributed by atoms with Gasteiger partial charge in [0.2, 0.25) is 0 Å². The van der Waals surface area contributed by atoms with E-state index in [1.165, 1.54) is 11.3 Å². The molecular formula is C16H21N3. The molecule has 0 radical (unpaired) electrons. The third-order valence-electron chi connectivity index (χ3n) is 3.39. The van der Waals surface area contributed by atoms with Crippen molar-refractivity contribution in [2.45, 2.75) is 27.7 Å². The quantitative estimate of drug-likeness (QED) is 0.835. The summed E-state index contributed by atoms with van der Waals surface area (Å²) in [5, 5.41) is 0. The first-order valence-electron chi connectivity index (χ1n) is 6.81. The normalized spacial score (nSPS) is 10.5. The van der Waals surface area contributed by atoms with Gasteiger partial charge in [0, 0.05) is 36.2 Å².